The van der Waals surface area contributed by atoms with Crippen molar-refractivity contribution in [3.05, 3.63) is 90.4 Å². The zero-order valence-corrected chi connectivity index (χ0v) is 17.5. The van der Waals surface area contributed by atoms with Gasteiger partial charge in [0.05, 0.1) is 11.9 Å². The van der Waals surface area contributed by atoms with Crippen LogP contribution < -0.4 is 14.8 Å². The quantitative estimate of drug-likeness (QED) is 0.461. The highest BCUT2D eigenvalue weighted by atomic mass is 32.2. The van der Waals surface area contributed by atoms with Crippen molar-refractivity contribution in [1.29, 1.82) is 0 Å². The minimum Gasteiger partial charge on any atom is -0.487 e. The molecule has 2 aromatic carbocycles. The number of benzene rings is 2. The van der Waals surface area contributed by atoms with Crippen LogP contribution in [0, 0.1) is 0 Å². The standard InChI is InChI=1S/C22H20N4O4S/c1-31(28,29)25-18-10-8-17(9-11-18)24-22(27)16-5-4-6-20(13-16)30-15-19-14-26-12-3-2-7-21(26)23-19/h2-14,25H,15H2,1H3,(H,24,27). The van der Waals surface area contributed by atoms with Crippen LogP contribution in [0.25, 0.3) is 5.65 Å². The first-order valence-corrected chi connectivity index (χ1v) is 11.3. The van der Waals surface area contributed by atoms with E-state index in [1.54, 1.807) is 48.5 Å². The molecule has 0 saturated carbocycles. The minimum absolute atomic E-state index is 0.279. The number of sulfonamides is 1. The second-order valence-electron chi connectivity index (χ2n) is 6.92. The first-order valence-electron chi connectivity index (χ1n) is 9.40. The van der Waals surface area contributed by atoms with Crippen molar-refractivity contribution in [2.75, 3.05) is 16.3 Å². The Labute approximate surface area is 179 Å². The first-order chi connectivity index (χ1) is 14.9. The molecule has 4 rings (SSSR count). The Morgan fingerprint density at radius 3 is 2.55 bits per heavy atom. The van der Waals surface area contributed by atoms with E-state index in [2.05, 4.69) is 15.0 Å². The number of hydrogen-bond acceptors (Lipinski definition) is 5. The van der Waals surface area contributed by atoms with E-state index in [-0.39, 0.29) is 12.5 Å². The molecular formula is C22H20N4O4S. The Bertz CT molecular complexity index is 1300. The van der Waals surface area contributed by atoms with Crippen LogP contribution >= 0.6 is 0 Å². The number of hydrogen-bond donors (Lipinski definition) is 2. The normalized spacial score (nSPS) is 11.3. The summed E-state index contributed by atoms with van der Waals surface area (Å²) in [4.78, 5) is 17.1. The number of fused-ring (bicyclic) bond motifs is 1. The third kappa shape index (κ3) is 5.40. The molecule has 0 atom stereocenters. The number of imidazole rings is 1. The molecule has 0 saturated heterocycles. The van der Waals surface area contributed by atoms with Gasteiger partial charge in [-0.05, 0) is 54.6 Å². The van der Waals surface area contributed by atoms with Crippen LogP contribution in [0.1, 0.15) is 16.1 Å². The van der Waals surface area contributed by atoms with Crippen LogP contribution in [0.5, 0.6) is 5.75 Å². The minimum atomic E-state index is -3.35. The smallest absolute Gasteiger partial charge is 0.255 e. The van der Waals surface area contributed by atoms with Gasteiger partial charge in [-0.2, -0.15) is 0 Å². The molecule has 0 aliphatic carbocycles. The molecule has 0 radical (unpaired) electrons. The topological polar surface area (TPSA) is 102 Å². The summed E-state index contributed by atoms with van der Waals surface area (Å²) in [6.45, 7) is 0.279. The molecule has 1 amide bonds. The summed E-state index contributed by atoms with van der Waals surface area (Å²) in [5, 5.41) is 2.78. The lowest BCUT2D eigenvalue weighted by molar-refractivity contribution is 0.102. The average molecular weight is 436 g/mol. The van der Waals surface area contributed by atoms with Gasteiger partial charge in [0.15, 0.2) is 0 Å². The number of ether oxygens (including phenoxy) is 1. The molecule has 9 heteroatoms. The molecule has 31 heavy (non-hydrogen) atoms. The fourth-order valence-corrected chi connectivity index (χ4v) is 3.54. The molecule has 0 spiro atoms. The molecule has 0 bridgehead atoms. The third-order valence-corrected chi connectivity index (χ3v) is 4.95. The van der Waals surface area contributed by atoms with Gasteiger partial charge in [0.2, 0.25) is 10.0 Å². The van der Waals surface area contributed by atoms with E-state index >= 15 is 0 Å². The van der Waals surface area contributed by atoms with E-state index in [4.69, 9.17) is 4.74 Å². The van der Waals surface area contributed by atoms with Crippen LogP contribution in [0.15, 0.2) is 79.1 Å². The molecule has 0 aliphatic heterocycles. The van der Waals surface area contributed by atoms with Crippen molar-refractivity contribution in [3.63, 3.8) is 0 Å². The van der Waals surface area contributed by atoms with Gasteiger partial charge in [0.25, 0.3) is 5.91 Å². The number of anilines is 2. The van der Waals surface area contributed by atoms with Gasteiger partial charge in [0, 0.05) is 29.3 Å². The average Bonchev–Trinajstić information content (AvgIpc) is 3.16. The Balaban J connectivity index is 1.39. The summed E-state index contributed by atoms with van der Waals surface area (Å²) in [5.41, 5.74) is 3.02. The largest absolute Gasteiger partial charge is 0.487 e. The number of rotatable bonds is 7. The van der Waals surface area contributed by atoms with Crippen molar-refractivity contribution in [3.8, 4) is 5.75 Å². The summed E-state index contributed by atoms with van der Waals surface area (Å²) in [6.07, 6.45) is 4.89. The molecule has 2 aromatic heterocycles. The molecule has 0 unspecified atom stereocenters. The zero-order valence-electron chi connectivity index (χ0n) is 16.6. The van der Waals surface area contributed by atoms with Gasteiger partial charge >= 0.3 is 0 Å². The van der Waals surface area contributed by atoms with Crippen molar-refractivity contribution >= 4 is 33.0 Å². The molecule has 2 N–H and O–H groups in total. The highest BCUT2D eigenvalue weighted by Crippen LogP contribution is 2.19. The summed E-state index contributed by atoms with van der Waals surface area (Å²) in [7, 11) is -3.35. The van der Waals surface area contributed by atoms with Crippen LogP contribution in [-0.4, -0.2) is 30.0 Å². The van der Waals surface area contributed by atoms with Crippen LogP contribution in [0.2, 0.25) is 0 Å². The fourth-order valence-electron chi connectivity index (χ4n) is 2.98. The number of nitrogens with one attached hydrogen (secondary N) is 2. The highest BCUT2D eigenvalue weighted by molar-refractivity contribution is 7.92. The number of amides is 1. The molecule has 8 nitrogen and oxygen atoms in total. The third-order valence-electron chi connectivity index (χ3n) is 4.34. The fraction of sp³-hybridized carbons (Fsp3) is 0.0909. The predicted octanol–water partition coefficient (Wildman–Crippen LogP) is 3.54. The van der Waals surface area contributed by atoms with Gasteiger partial charge in [-0.15, -0.1) is 0 Å². The van der Waals surface area contributed by atoms with Crippen molar-refractivity contribution in [2.45, 2.75) is 6.61 Å². The van der Waals surface area contributed by atoms with Gasteiger partial charge in [-0.3, -0.25) is 9.52 Å². The number of aromatic nitrogens is 2. The molecular weight excluding hydrogens is 416 g/mol. The molecule has 158 valence electrons. The molecule has 0 aliphatic rings. The van der Waals surface area contributed by atoms with E-state index in [9.17, 15) is 13.2 Å². The van der Waals surface area contributed by atoms with Gasteiger partial charge in [-0.25, -0.2) is 13.4 Å². The van der Waals surface area contributed by atoms with E-state index < -0.39 is 10.0 Å². The summed E-state index contributed by atoms with van der Waals surface area (Å²) < 4.78 is 32.6. The maximum atomic E-state index is 12.6. The Morgan fingerprint density at radius 2 is 1.81 bits per heavy atom. The van der Waals surface area contributed by atoms with Gasteiger partial charge in [0.1, 0.15) is 18.0 Å². The number of carbonyl (C=O) groups is 1. The van der Waals surface area contributed by atoms with E-state index in [0.29, 0.717) is 22.7 Å². The van der Waals surface area contributed by atoms with Crippen LogP contribution in [0.3, 0.4) is 0 Å². The summed E-state index contributed by atoms with van der Waals surface area (Å²) in [6, 6.07) is 19.0. The monoisotopic (exact) mass is 436 g/mol. The maximum Gasteiger partial charge on any atom is 0.255 e. The van der Waals surface area contributed by atoms with Crippen LogP contribution in [0.4, 0.5) is 11.4 Å². The summed E-state index contributed by atoms with van der Waals surface area (Å²) >= 11 is 0. The lowest BCUT2D eigenvalue weighted by atomic mass is 10.2. The predicted molar refractivity (Wildman–Crippen MR) is 119 cm³/mol. The number of pyridine rings is 1. The number of carbonyl (C=O) groups excluding carboxylic acids is 1. The second-order valence-corrected chi connectivity index (χ2v) is 8.67. The lowest BCUT2D eigenvalue weighted by Gasteiger charge is -2.09. The maximum absolute atomic E-state index is 12.6. The van der Waals surface area contributed by atoms with Gasteiger partial charge < -0.3 is 14.5 Å². The van der Waals surface area contributed by atoms with Crippen molar-refractivity contribution in [1.82, 2.24) is 9.38 Å². The Hall–Kier alpha value is -3.85. The van der Waals surface area contributed by atoms with Gasteiger partial charge in [-0.1, -0.05) is 12.1 Å². The highest BCUT2D eigenvalue weighted by Gasteiger charge is 2.09. The van der Waals surface area contributed by atoms with Crippen molar-refractivity contribution in [2.24, 2.45) is 0 Å². The lowest BCUT2D eigenvalue weighted by Crippen LogP contribution is -2.12. The molecule has 0 fully saturated rings. The Kier molecular flexibility index (Phi) is 5.59. The van der Waals surface area contributed by atoms with Crippen molar-refractivity contribution < 1.29 is 17.9 Å². The van der Waals surface area contributed by atoms with E-state index in [1.165, 1.54) is 0 Å². The van der Waals surface area contributed by atoms with Crippen LogP contribution in [-0.2, 0) is 16.6 Å². The van der Waals surface area contributed by atoms with E-state index in [0.717, 1.165) is 17.6 Å². The second kappa shape index (κ2) is 8.49. The molecule has 4 aromatic rings. The SMILES string of the molecule is CS(=O)(=O)Nc1ccc(NC(=O)c2cccc(OCc3cn4ccccc4n3)c2)cc1. The Morgan fingerprint density at radius 1 is 1.03 bits per heavy atom. The number of nitrogens with zero attached hydrogens (tertiary/aromatic N) is 2. The van der Waals surface area contributed by atoms with E-state index in [1.807, 2.05) is 35.0 Å². The zero-order chi connectivity index (χ0) is 21.8. The summed E-state index contributed by atoms with van der Waals surface area (Å²) in [5.74, 6) is 0.249. The molecule has 2 heterocycles. The first kappa shape index (κ1) is 20.4.